The second-order valence-electron chi connectivity index (χ2n) is 2.05. The first kappa shape index (κ1) is 8.40. The average Bonchev–Trinajstić information content (AvgIpc) is 1.84. The normalized spacial score (nSPS) is 16.8. The Morgan fingerprint density at radius 3 is 2.33 bits per heavy atom. The van der Waals surface area contributed by atoms with E-state index in [0.717, 1.165) is 0 Å². The van der Waals surface area contributed by atoms with Crippen LogP contribution in [-0.4, -0.2) is 17.2 Å². The van der Waals surface area contributed by atoms with E-state index in [1.54, 1.807) is 6.92 Å². The second-order valence-corrected chi connectivity index (χ2v) is 2.05. The van der Waals surface area contributed by atoms with Gasteiger partial charge in [-0.2, -0.15) is 0 Å². The van der Waals surface area contributed by atoms with Gasteiger partial charge in [0.05, 0.1) is 5.92 Å². The highest BCUT2D eigenvalue weighted by Gasteiger charge is 2.20. The van der Waals surface area contributed by atoms with Gasteiger partial charge in [-0.3, -0.25) is 4.79 Å². The molecule has 0 aliphatic rings. The molecule has 0 rings (SSSR count). The molecule has 0 radical (unpaired) electrons. The summed E-state index contributed by atoms with van der Waals surface area (Å²) < 4.78 is 12.4. The van der Waals surface area contributed by atoms with Crippen LogP contribution in [0.3, 0.4) is 0 Å². The Balaban J connectivity index is 3.72. The second kappa shape index (κ2) is 3.43. The molecule has 2 atom stereocenters. The minimum Gasteiger partial charge on any atom is -0.481 e. The van der Waals surface area contributed by atoms with E-state index in [1.807, 2.05) is 0 Å². The van der Waals surface area contributed by atoms with Crippen LogP contribution in [0.2, 0.25) is 0 Å². The predicted molar refractivity (Wildman–Crippen MR) is 32.0 cm³/mol. The van der Waals surface area contributed by atoms with Crippen molar-refractivity contribution < 1.29 is 14.3 Å². The SMILES string of the molecule is CCC(F)C(C)C(=O)O. The minimum atomic E-state index is -1.21. The summed E-state index contributed by atoms with van der Waals surface area (Å²) in [6.07, 6.45) is -0.935. The van der Waals surface area contributed by atoms with Gasteiger partial charge in [-0.15, -0.1) is 0 Å². The van der Waals surface area contributed by atoms with Gasteiger partial charge in [-0.05, 0) is 13.3 Å². The summed E-state index contributed by atoms with van der Waals surface area (Å²) in [4.78, 5) is 10.1. The van der Waals surface area contributed by atoms with Crippen molar-refractivity contribution >= 4 is 5.97 Å². The van der Waals surface area contributed by atoms with Crippen molar-refractivity contribution in [3.05, 3.63) is 0 Å². The van der Waals surface area contributed by atoms with Gasteiger partial charge in [0.15, 0.2) is 0 Å². The highest BCUT2D eigenvalue weighted by molar-refractivity contribution is 5.70. The van der Waals surface area contributed by atoms with Gasteiger partial charge in [-0.1, -0.05) is 6.92 Å². The lowest BCUT2D eigenvalue weighted by atomic mass is 10.1. The quantitative estimate of drug-likeness (QED) is 0.634. The number of alkyl halides is 1. The number of aliphatic carboxylic acids is 1. The van der Waals surface area contributed by atoms with Crippen molar-refractivity contribution in [2.45, 2.75) is 26.4 Å². The van der Waals surface area contributed by atoms with E-state index in [2.05, 4.69) is 0 Å². The maximum atomic E-state index is 12.4. The van der Waals surface area contributed by atoms with E-state index < -0.39 is 18.1 Å². The average molecular weight is 134 g/mol. The first-order valence-electron chi connectivity index (χ1n) is 2.96. The molecule has 54 valence electrons. The molecule has 1 N–H and O–H groups in total. The summed E-state index contributed by atoms with van der Waals surface area (Å²) in [5, 5.41) is 8.24. The Morgan fingerprint density at radius 1 is 1.78 bits per heavy atom. The zero-order chi connectivity index (χ0) is 7.44. The predicted octanol–water partition coefficient (Wildman–Crippen LogP) is 1.46. The van der Waals surface area contributed by atoms with Crippen molar-refractivity contribution in [2.24, 2.45) is 5.92 Å². The zero-order valence-corrected chi connectivity index (χ0v) is 5.60. The van der Waals surface area contributed by atoms with Crippen LogP contribution in [0.25, 0.3) is 0 Å². The number of rotatable bonds is 3. The van der Waals surface area contributed by atoms with Crippen LogP contribution < -0.4 is 0 Å². The van der Waals surface area contributed by atoms with Gasteiger partial charge in [0.1, 0.15) is 6.17 Å². The van der Waals surface area contributed by atoms with E-state index in [-0.39, 0.29) is 6.42 Å². The molecule has 0 aromatic rings. The molecule has 2 nitrogen and oxygen atoms in total. The van der Waals surface area contributed by atoms with Gasteiger partial charge in [-0.25, -0.2) is 4.39 Å². The maximum absolute atomic E-state index is 12.4. The molecule has 2 unspecified atom stereocenters. The number of carbonyl (C=O) groups is 1. The number of carboxylic acids is 1. The lowest BCUT2D eigenvalue weighted by Crippen LogP contribution is -2.20. The molecule has 0 amide bonds. The fourth-order valence-corrected chi connectivity index (χ4v) is 0.508. The summed E-state index contributed by atoms with van der Waals surface area (Å²) >= 11 is 0. The fourth-order valence-electron chi connectivity index (χ4n) is 0.508. The Hall–Kier alpha value is -0.600. The molecule has 0 aromatic carbocycles. The molecule has 3 heteroatoms. The molecule has 0 aliphatic carbocycles. The molecule has 0 aliphatic heterocycles. The summed E-state index contributed by atoms with van der Waals surface area (Å²) in [6.45, 7) is 3.00. The van der Waals surface area contributed by atoms with Crippen molar-refractivity contribution in [2.75, 3.05) is 0 Å². The van der Waals surface area contributed by atoms with Crippen LogP contribution in [-0.2, 0) is 4.79 Å². The zero-order valence-electron chi connectivity index (χ0n) is 5.60. The summed E-state index contributed by atoms with van der Waals surface area (Å²) in [6, 6.07) is 0. The topological polar surface area (TPSA) is 37.3 Å². The summed E-state index contributed by atoms with van der Waals surface area (Å²) in [7, 11) is 0. The van der Waals surface area contributed by atoms with E-state index >= 15 is 0 Å². The van der Waals surface area contributed by atoms with Gasteiger partial charge < -0.3 is 5.11 Å². The van der Waals surface area contributed by atoms with Gasteiger partial charge in [0.25, 0.3) is 0 Å². The molecule has 0 aromatic heterocycles. The number of hydrogen-bond acceptors (Lipinski definition) is 1. The largest absolute Gasteiger partial charge is 0.481 e. The third-order valence-electron chi connectivity index (χ3n) is 1.32. The van der Waals surface area contributed by atoms with E-state index in [1.165, 1.54) is 6.92 Å². The summed E-state index contributed by atoms with van der Waals surface area (Å²) in [5.41, 5.74) is 0. The minimum absolute atomic E-state index is 0.271. The molecule has 0 heterocycles. The van der Waals surface area contributed by atoms with Crippen LogP contribution in [0.1, 0.15) is 20.3 Å². The van der Waals surface area contributed by atoms with Crippen LogP contribution >= 0.6 is 0 Å². The van der Waals surface area contributed by atoms with Crippen molar-refractivity contribution in [1.29, 1.82) is 0 Å². The lowest BCUT2D eigenvalue weighted by Gasteiger charge is -2.08. The Morgan fingerprint density at radius 2 is 2.22 bits per heavy atom. The van der Waals surface area contributed by atoms with Crippen molar-refractivity contribution in [3.63, 3.8) is 0 Å². The van der Waals surface area contributed by atoms with E-state index in [0.29, 0.717) is 0 Å². The highest BCUT2D eigenvalue weighted by Crippen LogP contribution is 2.10. The van der Waals surface area contributed by atoms with E-state index in [9.17, 15) is 9.18 Å². The first-order chi connectivity index (χ1) is 4.09. The Kier molecular flexibility index (Phi) is 3.20. The molecule has 0 spiro atoms. The lowest BCUT2D eigenvalue weighted by molar-refractivity contribution is -0.143. The Labute approximate surface area is 53.7 Å². The monoisotopic (exact) mass is 134 g/mol. The van der Waals surface area contributed by atoms with Gasteiger partial charge in [0, 0.05) is 0 Å². The van der Waals surface area contributed by atoms with Gasteiger partial charge in [0.2, 0.25) is 0 Å². The molecule has 0 bridgehead atoms. The van der Waals surface area contributed by atoms with Crippen LogP contribution in [0.5, 0.6) is 0 Å². The standard InChI is InChI=1S/C6H11FO2/c1-3-5(7)4(2)6(8)9/h4-5H,3H2,1-2H3,(H,8,9). The smallest absolute Gasteiger partial charge is 0.309 e. The van der Waals surface area contributed by atoms with Crippen LogP contribution in [0.15, 0.2) is 0 Å². The molecular formula is C6H11FO2. The number of carboxylic acid groups (broad SMARTS) is 1. The first-order valence-corrected chi connectivity index (χ1v) is 2.96. The molecule has 0 fully saturated rings. The van der Waals surface area contributed by atoms with Gasteiger partial charge >= 0.3 is 5.97 Å². The highest BCUT2D eigenvalue weighted by atomic mass is 19.1. The number of hydrogen-bond donors (Lipinski definition) is 1. The molecule has 9 heavy (non-hydrogen) atoms. The van der Waals surface area contributed by atoms with Crippen molar-refractivity contribution in [1.82, 2.24) is 0 Å². The third kappa shape index (κ3) is 2.44. The van der Waals surface area contributed by atoms with Crippen molar-refractivity contribution in [3.8, 4) is 0 Å². The van der Waals surface area contributed by atoms with Crippen LogP contribution in [0.4, 0.5) is 4.39 Å². The summed E-state index contributed by atoms with van der Waals surface area (Å²) in [5.74, 6) is -1.93. The third-order valence-corrected chi connectivity index (χ3v) is 1.32. The number of halogens is 1. The maximum Gasteiger partial charge on any atom is 0.309 e. The van der Waals surface area contributed by atoms with E-state index in [4.69, 9.17) is 5.11 Å². The van der Waals surface area contributed by atoms with Crippen LogP contribution in [0, 0.1) is 5.92 Å². The Bertz CT molecular complexity index is 103. The molecule has 0 saturated heterocycles. The molecule has 0 saturated carbocycles. The molecular weight excluding hydrogens is 123 g/mol. The fraction of sp³-hybridized carbons (Fsp3) is 0.833.